The van der Waals surface area contributed by atoms with Crippen LogP contribution in [0.5, 0.6) is 0 Å². The minimum Gasteiger partial charge on any atom is -0.380 e. The van der Waals surface area contributed by atoms with Crippen LogP contribution in [0.15, 0.2) is 92.2 Å². The molecule has 0 saturated carbocycles. The molecule has 6 saturated heterocycles. The predicted octanol–water partition coefficient (Wildman–Crippen LogP) is 8.92. The molecule has 0 aromatic carbocycles. The van der Waals surface area contributed by atoms with Crippen LogP contribution in [-0.4, -0.2) is 164 Å². The lowest BCUT2D eigenvalue weighted by Crippen LogP contribution is -2.52. The minimum absolute atomic E-state index is 0. The van der Waals surface area contributed by atoms with Gasteiger partial charge in [0.15, 0.2) is 0 Å². The number of nitrogens with zero attached hydrogens (tertiary/aromatic N) is 14. The van der Waals surface area contributed by atoms with Crippen LogP contribution < -0.4 is 21.3 Å². The largest absolute Gasteiger partial charge is 0.380 e. The molecule has 0 spiro atoms. The third kappa shape index (κ3) is 13.8. The summed E-state index contributed by atoms with van der Waals surface area (Å²) in [6.07, 6.45) is 35.4. The first-order valence-corrected chi connectivity index (χ1v) is 29.1. The van der Waals surface area contributed by atoms with Crippen molar-refractivity contribution in [2.75, 3.05) is 68.7 Å². The van der Waals surface area contributed by atoms with Gasteiger partial charge in [-0.1, -0.05) is 39.5 Å². The molecule has 6 aromatic rings. The molecule has 15 rings (SSSR count). The summed E-state index contributed by atoms with van der Waals surface area (Å²) in [6.45, 7) is 13.7. The Morgan fingerprint density at radius 3 is 1.29 bits per heavy atom. The van der Waals surface area contributed by atoms with Crippen molar-refractivity contribution >= 4 is 57.9 Å². The van der Waals surface area contributed by atoms with Gasteiger partial charge in [0.05, 0.1) is 97.8 Å². The van der Waals surface area contributed by atoms with E-state index in [9.17, 15) is 4.79 Å². The number of aryl methyl sites for hydroxylation is 3. The van der Waals surface area contributed by atoms with E-state index in [2.05, 4.69) is 98.4 Å². The van der Waals surface area contributed by atoms with E-state index in [1.165, 1.54) is 55.2 Å². The van der Waals surface area contributed by atoms with E-state index in [1.807, 2.05) is 83.4 Å². The number of hydrogen-bond acceptors (Lipinski definition) is 19. The third-order valence-corrected chi connectivity index (χ3v) is 17.1. The Kier molecular flexibility index (Phi) is 17.1. The van der Waals surface area contributed by atoms with Gasteiger partial charge in [-0.15, -0.1) is 0 Å². The van der Waals surface area contributed by atoms with Crippen molar-refractivity contribution in [2.45, 2.75) is 122 Å². The van der Waals surface area contributed by atoms with E-state index in [-0.39, 0.29) is 18.5 Å². The molecule has 0 radical (unpaired) electrons. The van der Waals surface area contributed by atoms with Crippen molar-refractivity contribution in [3.05, 3.63) is 109 Å². The van der Waals surface area contributed by atoms with E-state index in [0.29, 0.717) is 78.1 Å². The van der Waals surface area contributed by atoms with Gasteiger partial charge in [0, 0.05) is 124 Å². The zero-order valence-corrected chi connectivity index (χ0v) is 48.1. The highest BCUT2D eigenvalue weighted by Gasteiger charge is 2.45. The molecule has 0 aliphatic carbocycles. The molecule has 9 aliphatic heterocycles. The summed E-state index contributed by atoms with van der Waals surface area (Å²) >= 11 is 0. The van der Waals surface area contributed by atoms with Gasteiger partial charge >= 0.3 is 0 Å². The molecular weight excluding hydrogens is 1050 g/mol. The van der Waals surface area contributed by atoms with Gasteiger partial charge < -0.3 is 40.3 Å². The molecule has 4 N–H and O–H groups in total. The van der Waals surface area contributed by atoms with E-state index in [1.54, 1.807) is 32.6 Å². The molecular formula is C61H90N18O4. The van der Waals surface area contributed by atoms with Crippen molar-refractivity contribution < 1.29 is 24.7 Å². The van der Waals surface area contributed by atoms with Crippen LogP contribution in [-0.2, 0) is 40.1 Å². The number of aromatic nitrogens is 12. The van der Waals surface area contributed by atoms with Gasteiger partial charge in [-0.25, -0.2) is 29.9 Å². The second kappa shape index (κ2) is 24.6. The van der Waals surface area contributed by atoms with Crippen LogP contribution in [0.4, 0.5) is 34.9 Å². The summed E-state index contributed by atoms with van der Waals surface area (Å²) in [5.74, 6) is 1.86. The van der Waals surface area contributed by atoms with Crippen LogP contribution in [0.2, 0.25) is 0 Å². The Balaban J connectivity index is 0.000000173. The number of rotatable bonds is 14. The molecule has 6 bridgehead atoms. The number of fused-ring (bicyclic) bond motifs is 6. The molecule has 6 fully saturated rings. The minimum atomic E-state index is -0.139. The maximum Gasteiger partial charge on any atom is 0.227 e. The molecule has 22 nitrogen and oxygen atoms in total. The Bertz CT molecular complexity index is 3180. The van der Waals surface area contributed by atoms with Crippen molar-refractivity contribution in [3.8, 4) is 0 Å². The van der Waals surface area contributed by atoms with Gasteiger partial charge in [-0.2, -0.15) is 15.3 Å². The summed E-state index contributed by atoms with van der Waals surface area (Å²) < 4.78 is 21.0. The summed E-state index contributed by atoms with van der Waals surface area (Å²) in [6, 6.07) is 9.47. The van der Waals surface area contributed by atoms with Gasteiger partial charge in [0.25, 0.3) is 0 Å². The highest BCUT2D eigenvalue weighted by Crippen LogP contribution is 2.43. The van der Waals surface area contributed by atoms with E-state index in [0.717, 1.165) is 99.2 Å². The number of aldehydes is 1. The maximum atomic E-state index is 10.0. The van der Waals surface area contributed by atoms with E-state index in [4.69, 9.17) is 24.2 Å². The van der Waals surface area contributed by atoms with Gasteiger partial charge in [-0.3, -0.25) is 23.8 Å². The molecule has 0 amide bonds. The summed E-state index contributed by atoms with van der Waals surface area (Å²) in [4.78, 5) is 42.6. The Hall–Kier alpha value is -7.08. The van der Waals surface area contributed by atoms with Crippen LogP contribution in [0.1, 0.15) is 109 Å². The first kappa shape index (κ1) is 57.7. The van der Waals surface area contributed by atoms with Gasteiger partial charge in [0.2, 0.25) is 17.8 Å². The van der Waals surface area contributed by atoms with E-state index >= 15 is 0 Å². The molecule has 22 heteroatoms. The van der Waals surface area contributed by atoms with Crippen LogP contribution in [0.25, 0.3) is 16.7 Å². The normalized spacial score (nSPS) is 25.5. The summed E-state index contributed by atoms with van der Waals surface area (Å²) in [5, 5.41) is 25.8. The fourth-order valence-electron chi connectivity index (χ4n) is 12.7. The fraction of sp³-hybridized carbons (Fsp3) is 0.541. The SMILES string of the molecule is C.CC1(C=O)COC1.Cn1cc(Nc2nccc(C3=CC4CCC(C3)N4)n2)cn1.Cn1cc(Nc2nccc(C3=CC4CCC(C3)N4CC3(C)COC3)n2)cn1.Cn1cc(Nc2nccc(C3=CC4CCC(C3)N4CC3(C)COC3)n2)cn1.[HH].[HH].[HH].[HH]. The van der Waals surface area contributed by atoms with Crippen molar-refractivity contribution in [1.29, 1.82) is 0 Å². The maximum absolute atomic E-state index is 10.0. The van der Waals surface area contributed by atoms with Crippen LogP contribution >= 0.6 is 0 Å². The van der Waals surface area contributed by atoms with Crippen molar-refractivity contribution in [1.82, 2.24) is 74.4 Å². The molecule has 83 heavy (non-hydrogen) atoms. The number of carbonyl (C=O) groups is 1. The highest BCUT2D eigenvalue weighted by molar-refractivity contribution is 5.69. The molecule has 9 aliphatic rings. The lowest BCUT2D eigenvalue weighted by Gasteiger charge is -2.45. The lowest BCUT2D eigenvalue weighted by molar-refractivity contribution is -0.141. The fourth-order valence-corrected chi connectivity index (χ4v) is 12.7. The number of nitrogens with one attached hydrogen (secondary N) is 4. The number of anilines is 6. The monoisotopic (exact) mass is 1140 g/mol. The van der Waals surface area contributed by atoms with Crippen LogP contribution in [0.3, 0.4) is 0 Å². The molecule has 6 unspecified atom stereocenters. The molecule has 6 atom stereocenters. The summed E-state index contributed by atoms with van der Waals surface area (Å²) in [5.41, 5.74) is 10.3. The Labute approximate surface area is 493 Å². The lowest BCUT2D eigenvalue weighted by atomic mass is 9.86. The third-order valence-electron chi connectivity index (χ3n) is 17.1. The van der Waals surface area contributed by atoms with Gasteiger partial charge in [0.1, 0.15) is 6.29 Å². The molecule has 15 heterocycles. The Morgan fingerprint density at radius 2 is 0.976 bits per heavy atom. The van der Waals surface area contributed by atoms with Gasteiger partial charge in [-0.05, 0) is 99.6 Å². The summed E-state index contributed by atoms with van der Waals surface area (Å²) in [7, 11) is 5.68. The number of ether oxygens (including phenoxy) is 3. The topological polar surface area (TPSA) is 230 Å². The van der Waals surface area contributed by atoms with Crippen LogP contribution in [0, 0.1) is 16.2 Å². The zero-order valence-electron chi connectivity index (χ0n) is 48.1. The van der Waals surface area contributed by atoms with Crippen molar-refractivity contribution in [3.63, 3.8) is 0 Å². The second-order valence-corrected chi connectivity index (χ2v) is 24.9. The first-order valence-electron chi connectivity index (χ1n) is 29.1. The molecule has 448 valence electrons. The Morgan fingerprint density at radius 1 is 0.566 bits per heavy atom. The van der Waals surface area contributed by atoms with Crippen molar-refractivity contribution in [2.24, 2.45) is 37.4 Å². The first-order chi connectivity index (χ1) is 39.7. The highest BCUT2D eigenvalue weighted by atomic mass is 16.5. The zero-order chi connectivity index (χ0) is 56.4. The average molecular weight is 1140 g/mol. The number of hydrogen-bond donors (Lipinski definition) is 4. The van der Waals surface area contributed by atoms with E-state index < -0.39 is 0 Å². The second-order valence-electron chi connectivity index (χ2n) is 24.9. The number of carbonyl (C=O) groups excluding carboxylic acids is 1. The quantitative estimate of drug-likeness (QED) is 0.0746. The molecule has 6 aromatic heterocycles. The smallest absolute Gasteiger partial charge is 0.227 e. The predicted molar refractivity (Wildman–Crippen MR) is 328 cm³/mol. The average Bonchev–Trinajstić information content (AvgIpc) is 2.91. The standard InChI is InChI=1S/2C20H26N6O.C15H18N6.C5H8O2.CH4.4H2/c2*1-20(12-27-13-20)11-26-16-3-4-17(26)8-14(7-16)18-5-6-21-19(24-18)23-15-9-22-25(2)10-15;1-21-9-13(8-17-21)19-15-16-5-4-14(20-15)10-6-11-2-3-12(7-10)18-11;1-5(2-6)3-7-4-5;;;;;/h2*5-7,9-10,16-17H,3-4,8,11-13H2,1-2H3,(H,21,23,24);4-6,8-9,11-12,18H,2-3,7H2,1H3,(H,16,19,20);2H,3-4H2,1H3;1H4;4*1H.